The fourth-order valence-electron chi connectivity index (χ4n) is 3.26. The number of nitrogens with zero attached hydrogens (tertiary/aromatic N) is 1. The van der Waals surface area contributed by atoms with Crippen LogP contribution in [0.5, 0.6) is 0 Å². The first-order chi connectivity index (χ1) is 9.02. The van der Waals surface area contributed by atoms with Crippen molar-refractivity contribution in [3.8, 4) is 0 Å². The van der Waals surface area contributed by atoms with Gasteiger partial charge in [-0.3, -0.25) is 0 Å². The molecule has 1 heterocycles. The third-order valence-electron chi connectivity index (χ3n) is 4.00. The highest BCUT2D eigenvalue weighted by molar-refractivity contribution is 5.61. The molecule has 0 aromatic heterocycles. The maximum Gasteiger partial charge on any atom is 0.0451 e. The smallest absolute Gasteiger partial charge is 0.0451 e. The summed E-state index contributed by atoms with van der Waals surface area (Å²) in [6.45, 7) is 11.0. The van der Waals surface area contributed by atoms with Crippen LogP contribution in [0.3, 0.4) is 0 Å². The summed E-state index contributed by atoms with van der Waals surface area (Å²) >= 11 is 0. The molecule has 19 heavy (non-hydrogen) atoms. The third kappa shape index (κ3) is 3.10. The summed E-state index contributed by atoms with van der Waals surface area (Å²) in [5, 5.41) is 12.8. The largest absolute Gasteiger partial charge is 0.396 e. The van der Waals surface area contributed by atoms with Crippen molar-refractivity contribution in [2.45, 2.75) is 46.2 Å². The van der Waals surface area contributed by atoms with Gasteiger partial charge in [0, 0.05) is 37.5 Å². The summed E-state index contributed by atoms with van der Waals surface area (Å²) in [4.78, 5) is 2.49. The number of anilines is 1. The Hall–Kier alpha value is -1.06. The van der Waals surface area contributed by atoms with Gasteiger partial charge < -0.3 is 15.3 Å². The molecular weight excluding hydrogens is 236 g/mol. The van der Waals surface area contributed by atoms with E-state index in [1.807, 2.05) is 0 Å². The molecule has 0 saturated carbocycles. The minimum atomic E-state index is 0.251. The Morgan fingerprint density at radius 3 is 2.47 bits per heavy atom. The molecule has 3 heteroatoms. The van der Waals surface area contributed by atoms with Crippen LogP contribution in [0.2, 0.25) is 0 Å². The van der Waals surface area contributed by atoms with E-state index in [1.165, 1.54) is 22.4 Å². The first kappa shape index (κ1) is 14.4. The topological polar surface area (TPSA) is 35.5 Å². The highest BCUT2D eigenvalue weighted by Gasteiger charge is 2.27. The van der Waals surface area contributed by atoms with Crippen LogP contribution < -0.4 is 10.2 Å². The average molecular weight is 262 g/mol. The molecule has 1 aromatic carbocycles. The zero-order valence-corrected chi connectivity index (χ0v) is 12.5. The van der Waals surface area contributed by atoms with Gasteiger partial charge in [-0.15, -0.1) is 0 Å². The van der Waals surface area contributed by atoms with Gasteiger partial charge in [-0.25, -0.2) is 0 Å². The zero-order valence-electron chi connectivity index (χ0n) is 12.5. The van der Waals surface area contributed by atoms with E-state index >= 15 is 0 Å². The van der Waals surface area contributed by atoms with Crippen LogP contribution in [-0.4, -0.2) is 36.9 Å². The van der Waals surface area contributed by atoms with Gasteiger partial charge in [-0.2, -0.15) is 0 Å². The molecule has 1 aliphatic heterocycles. The van der Waals surface area contributed by atoms with Gasteiger partial charge in [0.2, 0.25) is 0 Å². The van der Waals surface area contributed by atoms with Gasteiger partial charge in [0.25, 0.3) is 0 Å². The molecule has 2 atom stereocenters. The molecule has 106 valence electrons. The predicted molar refractivity (Wildman–Crippen MR) is 81.0 cm³/mol. The summed E-state index contributed by atoms with van der Waals surface area (Å²) in [6.07, 6.45) is 0.826. The standard InChI is InChI=1S/C16H26N2O/c1-11-7-12(2)16(13(3)8-11)18-10-14(4)17-9-15(18)5-6-19/h7-8,14-15,17,19H,5-6,9-10H2,1-4H3. The Balaban J connectivity index is 2.36. The van der Waals surface area contributed by atoms with Crippen molar-refractivity contribution in [2.24, 2.45) is 0 Å². The Labute approximate surface area is 116 Å². The minimum Gasteiger partial charge on any atom is -0.396 e. The van der Waals surface area contributed by atoms with Crippen molar-refractivity contribution in [3.05, 3.63) is 28.8 Å². The van der Waals surface area contributed by atoms with Crippen molar-refractivity contribution in [1.29, 1.82) is 0 Å². The molecule has 0 spiro atoms. The van der Waals surface area contributed by atoms with Crippen LogP contribution in [0.1, 0.15) is 30.0 Å². The SMILES string of the molecule is Cc1cc(C)c(N2CC(C)NCC2CCO)c(C)c1. The maximum absolute atomic E-state index is 9.28. The van der Waals surface area contributed by atoms with Crippen molar-refractivity contribution in [3.63, 3.8) is 0 Å². The number of nitrogens with one attached hydrogen (secondary N) is 1. The fourth-order valence-corrected chi connectivity index (χ4v) is 3.26. The van der Waals surface area contributed by atoms with Gasteiger partial charge in [0.05, 0.1) is 0 Å². The van der Waals surface area contributed by atoms with Crippen molar-refractivity contribution >= 4 is 5.69 Å². The van der Waals surface area contributed by atoms with E-state index in [1.54, 1.807) is 0 Å². The first-order valence-corrected chi connectivity index (χ1v) is 7.21. The molecule has 3 nitrogen and oxygen atoms in total. The number of hydrogen-bond donors (Lipinski definition) is 2. The normalized spacial score (nSPS) is 23.7. The van der Waals surface area contributed by atoms with Crippen LogP contribution >= 0.6 is 0 Å². The van der Waals surface area contributed by atoms with E-state index in [0.29, 0.717) is 12.1 Å². The number of piperazine rings is 1. The lowest BCUT2D eigenvalue weighted by molar-refractivity contribution is 0.260. The van der Waals surface area contributed by atoms with E-state index < -0.39 is 0 Å². The van der Waals surface area contributed by atoms with Gasteiger partial charge in [-0.1, -0.05) is 17.7 Å². The Morgan fingerprint density at radius 1 is 1.26 bits per heavy atom. The molecule has 0 radical (unpaired) electrons. The molecule has 1 saturated heterocycles. The van der Waals surface area contributed by atoms with E-state index in [0.717, 1.165) is 19.5 Å². The lowest BCUT2D eigenvalue weighted by atomic mass is 9.99. The number of rotatable bonds is 3. The first-order valence-electron chi connectivity index (χ1n) is 7.21. The molecule has 0 bridgehead atoms. The van der Waals surface area contributed by atoms with Crippen LogP contribution in [0.15, 0.2) is 12.1 Å². The molecule has 1 fully saturated rings. The lowest BCUT2D eigenvalue weighted by Gasteiger charge is -2.42. The minimum absolute atomic E-state index is 0.251. The van der Waals surface area contributed by atoms with Crippen LogP contribution in [0.4, 0.5) is 5.69 Å². The average Bonchev–Trinajstić information content (AvgIpc) is 2.31. The van der Waals surface area contributed by atoms with Crippen molar-refractivity contribution in [2.75, 3.05) is 24.6 Å². The molecule has 2 unspecified atom stereocenters. The van der Waals surface area contributed by atoms with E-state index in [4.69, 9.17) is 0 Å². The molecule has 1 aliphatic rings. The summed E-state index contributed by atoms with van der Waals surface area (Å²) < 4.78 is 0. The molecule has 1 aromatic rings. The number of aliphatic hydroxyl groups is 1. The van der Waals surface area contributed by atoms with Gasteiger partial charge >= 0.3 is 0 Å². The predicted octanol–water partition coefficient (Wildman–Crippen LogP) is 2.16. The van der Waals surface area contributed by atoms with Gasteiger partial charge in [0.1, 0.15) is 0 Å². The molecule has 2 rings (SSSR count). The van der Waals surface area contributed by atoms with E-state index in [2.05, 4.69) is 50.0 Å². The zero-order chi connectivity index (χ0) is 14.0. The Bertz CT molecular complexity index is 421. The molecule has 0 amide bonds. The van der Waals surface area contributed by atoms with E-state index in [9.17, 15) is 5.11 Å². The quantitative estimate of drug-likeness (QED) is 0.876. The number of hydrogen-bond acceptors (Lipinski definition) is 3. The van der Waals surface area contributed by atoms with Gasteiger partial charge in [0.15, 0.2) is 0 Å². The third-order valence-corrected chi connectivity index (χ3v) is 4.00. The number of aryl methyl sites for hydroxylation is 3. The Morgan fingerprint density at radius 2 is 1.89 bits per heavy atom. The summed E-state index contributed by atoms with van der Waals surface area (Å²) in [7, 11) is 0. The highest BCUT2D eigenvalue weighted by Crippen LogP contribution is 2.30. The van der Waals surface area contributed by atoms with Gasteiger partial charge in [-0.05, 0) is 45.2 Å². The molecular formula is C16H26N2O. The molecule has 0 aliphatic carbocycles. The fraction of sp³-hybridized carbons (Fsp3) is 0.625. The maximum atomic E-state index is 9.28. The van der Waals surface area contributed by atoms with Crippen molar-refractivity contribution < 1.29 is 5.11 Å². The summed E-state index contributed by atoms with van der Waals surface area (Å²) in [5.41, 5.74) is 5.36. The Kier molecular flexibility index (Phi) is 4.48. The number of aliphatic hydroxyl groups excluding tert-OH is 1. The highest BCUT2D eigenvalue weighted by atomic mass is 16.3. The molecule has 2 N–H and O–H groups in total. The van der Waals surface area contributed by atoms with Crippen LogP contribution in [0, 0.1) is 20.8 Å². The van der Waals surface area contributed by atoms with Crippen LogP contribution in [-0.2, 0) is 0 Å². The summed E-state index contributed by atoms with van der Waals surface area (Å²) in [5.74, 6) is 0. The van der Waals surface area contributed by atoms with E-state index in [-0.39, 0.29) is 6.61 Å². The van der Waals surface area contributed by atoms with Crippen LogP contribution in [0.25, 0.3) is 0 Å². The second kappa shape index (κ2) is 5.93. The second-order valence-electron chi connectivity index (χ2n) is 5.88. The second-order valence-corrected chi connectivity index (χ2v) is 5.88. The number of benzene rings is 1. The summed E-state index contributed by atoms with van der Waals surface area (Å²) in [6, 6.07) is 5.40. The van der Waals surface area contributed by atoms with Crippen molar-refractivity contribution in [1.82, 2.24) is 5.32 Å². The lowest BCUT2D eigenvalue weighted by Crippen LogP contribution is -2.56. The monoisotopic (exact) mass is 262 g/mol.